The van der Waals surface area contributed by atoms with Gasteiger partial charge in [-0.1, -0.05) is 159 Å². The largest absolute Gasteiger partial charge is 0.463 e. The summed E-state index contributed by atoms with van der Waals surface area (Å²) in [5.41, 5.74) is 0. The SMILES string of the molecule is CC/C=C/C/C=C/C=C/C(O)CCCCCCCC(=O)OC[C@H](O)COC(=O)CCCCCCCCCCCCCCCC. The third-order valence-corrected chi connectivity index (χ3v) is 7.74. The van der Waals surface area contributed by atoms with Crippen molar-refractivity contribution >= 4 is 11.9 Å². The number of carbonyl (C=O) groups excluding carboxylic acids is 2. The second-order valence-electron chi connectivity index (χ2n) is 12.2. The lowest BCUT2D eigenvalue weighted by atomic mass is 10.0. The Hall–Kier alpha value is -1.92. The molecule has 0 rings (SSSR count). The van der Waals surface area contributed by atoms with Crippen molar-refractivity contribution in [2.24, 2.45) is 0 Å². The van der Waals surface area contributed by atoms with Crippen LogP contribution in [0.5, 0.6) is 0 Å². The fourth-order valence-corrected chi connectivity index (χ4v) is 4.97. The maximum absolute atomic E-state index is 11.9. The van der Waals surface area contributed by atoms with Gasteiger partial charge < -0.3 is 19.7 Å². The van der Waals surface area contributed by atoms with E-state index in [9.17, 15) is 19.8 Å². The summed E-state index contributed by atoms with van der Waals surface area (Å²) in [7, 11) is 0. The van der Waals surface area contributed by atoms with Crippen LogP contribution in [-0.4, -0.2) is 47.6 Å². The predicted octanol–water partition coefficient (Wildman–Crippen LogP) is 9.87. The van der Waals surface area contributed by atoms with Gasteiger partial charge in [0.15, 0.2) is 0 Å². The molecule has 0 radical (unpaired) electrons. The quantitative estimate of drug-likeness (QED) is 0.0336. The monoisotopic (exact) mass is 621 g/mol. The van der Waals surface area contributed by atoms with Crippen LogP contribution >= 0.6 is 0 Å². The van der Waals surface area contributed by atoms with Crippen LogP contribution in [0.4, 0.5) is 0 Å². The van der Waals surface area contributed by atoms with Crippen molar-refractivity contribution in [3.05, 3.63) is 36.5 Å². The minimum atomic E-state index is -0.992. The molecule has 0 amide bonds. The lowest BCUT2D eigenvalue weighted by Crippen LogP contribution is -2.25. The highest BCUT2D eigenvalue weighted by Crippen LogP contribution is 2.14. The average molecular weight is 621 g/mol. The highest BCUT2D eigenvalue weighted by molar-refractivity contribution is 5.69. The zero-order chi connectivity index (χ0) is 32.4. The number of allylic oxidation sites excluding steroid dienone is 5. The van der Waals surface area contributed by atoms with Gasteiger partial charge in [-0.2, -0.15) is 0 Å². The summed E-state index contributed by atoms with van der Waals surface area (Å²) in [5, 5.41) is 20.0. The lowest BCUT2D eigenvalue weighted by Gasteiger charge is -2.12. The number of aliphatic hydroxyl groups excluding tert-OH is 2. The molecule has 6 heteroatoms. The summed E-state index contributed by atoms with van der Waals surface area (Å²) in [5.74, 6) is -0.637. The fraction of sp³-hybridized carbons (Fsp3) is 0.789. The lowest BCUT2D eigenvalue weighted by molar-refractivity contribution is -0.152. The van der Waals surface area contributed by atoms with Crippen LogP contribution in [0.25, 0.3) is 0 Å². The molecule has 0 fully saturated rings. The molecule has 0 saturated carbocycles. The summed E-state index contributed by atoms with van der Waals surface area (Å²) in [4.78, 5) is 23.9. The third kappa shape index (κ3) is 33.0. The molecule has 0 aliphatic carbocycles. The fourth-order valence-electron chi connectivity index (χ4n) is 4.97. The van der Waals surface area contributed by atoms with Gasteiger partial charge in [-0.15, -0.1) is 0 Å². The van der Waals surface area contributed by atoms with Crippen molar-refractivity contribution in [3.63, 3.8) is 0 Å². The first-order valence-corrected chi connectivity index (χ1v) is 18.1. The first kappa shape index (κ1) is 42.1. The van der Waals surface area contributed by atoms with Crippen LogP contribution in [-0.2, 0) is 19.1 Å². The molecule has 1 unspecified atom stereocenters. The van der Waals surface area contributed by atoms with Crippen LogP contribution in [0.1, 0.15) is 168 Å². The van der Waals surface area contributed by atoms with E-state index in [2.05, 4.69) is 32.1 Å². The Morgan fingerprint density at radius 3 is 1.50 bits per heavy atom. The van der Waals surface area contributed by atoms with Crippen molar-refractivity contribution in [3.8, 4) is 0 Å². The zero-order valence-electron chi connectivity index (χ0n) is 28.5. The number of hydrogen-bond donors (Lipinski definition) is 2. The summed E-state index contributed by atoms with van der Waals surface area (Å²) in [6, 6.07) is 0. The molecule has 0 heterocycles. The molecule has 2 atom stereocenters. The Kier molecular flexibility index (Phi) is 32.5. The van der Waals surface area contributed by atoms with Gasteiger partial charge in [0.1, 0.15) is 19.3 Å². The number of ether oxygens (including phenoxy) is 2. The van der Waals surface area contributed by atoms with E-state index < -0.39 is 12.2 Å². The molecule has 2 N–H and O–H groups in total. The van der Waals surface area contributed by atoms with Gasteiger partial charge in [0.2, 0.25) is 0 Å². The van der Waals surface area contributed by atoms with E-state index in [1.54, 1.807) is 0 Å². The maximum Gasteiger partial charge on any atom is 0.305 e. The van der Waals surface area contributed by atoms with E-state index in [0.717, 1.165) is 70.6 Å². The molecular formula is C38H68O6. The van der Waals surface area contributed by atoms with Gasteiger partial charge in [-0.3, -0.25) is 9.59 Å². The number of esters is 2. The molecule has 0 spiro atoms. The molecule has 0 aromatic rings. The summed E-state index contributed by atoms with van der Waals surface area (Å²) >= 11 is 0. The summed E-state index contributed by atoms with van der Waals surface area (Å²) in [6.07, 6.45) is 36.4. The van der Waals surface area contributed by atoms with E-state index in [1.807, 2.05) is 18.2 Å². The van der Waals surface area contributed by atoms with Gasteiger partial charge >= 0.3 is 11.9 Å². The van der Waals surface area contributed by atoms with Gasteiger partial charge in [-0.05, 0) is 32.1 Å². The second-order valence-corrected chi connectivity index (χ2v) is 12.2. The first-order valence-electron chi connectivity index (χ1n) is 18.1. The maximum atomic E-state index is 11.9. The minimum absolute atomic E-state index is 0.141. The minimum Gasteiger partial charge on any atom is -0.463 e. The molecule has 0 aromatic heterocycles. The first-order chi connectivity index (χ1) is 21.5. The van der Waals surface area contributed by atoms with Crippen molar-refractivity contribution in [2.75, 3.05) is 13.2 Å². The standard InChI is InChI=1S/C38H68O6/c1-3-5-7-9-11-12-13-14-15-16-17-19-23-27-31-37(41)43-33-36(40)34-44-38(42)32-28-24-20-22-26-30-35(39)29-25-21-18-10-8-6-4-2/h6,8,18,21,25,29,35-36,39-40H,3-5,7,9-17,19-20,22-24,26-28,30-34H2,1-2H3/b8-6+,21-18+,29-25+/t35?,36-/m1/s1. The van der Waals surface area contributed by atoms with Gasteiger partial charge in [0.25, 0.3) is 0 Å². The molecule has 6 nitrogen and oxygen atoms in total. The number of carbonyl (C=O) groups is 2. The molecule has 0 bridgehead atoms. The van der Waals surface area contributed by atoms with Crippen molar-refractivity contribution < 1.29 is 29.3 Å². The van der Waals surface area contributed by atoms with Crippen LogP contribution in [0, 0.1) is 0 Å². The Bertz CT molecular complexity index is 729. The van der Waals surface area contributed by atoms with E-state index in [0.29, 0.717) is 12.8 Å². The van der Waals surface area contributed by atoms with Gasteiger partial charge in [0.05, 0.1) is 6.10 Å². The summed E-state index contributed by atoms with van der Waals surface area (Å²) in [6.45, 7) is 4.08. The van der Waals surface area contributed by atoms with E-state index in [4.69, 9.17) is 9.47 Å². The van der Waals surface area contributed by atoms with Crippen LogP contribution in [0.2, 0.25) is 0 Å². The molecule has 256 valence electrons. The topological polar surface area (TPSA) is 93.1 Å². The Balaban J connectivity index is 3.53. The predicted molar refractivity (Wildman–Crippen MR) is 184 cm³/mol. The van der Waals surface area contributed by atoms with Crippen molar-refractivity contribution in [1.29, 1.82) is 0 Å². The number of aliphatic hydroxyl groups is 2. The number of hydrogen-bond acceptors (Lipinski definition) is 6. The van der Waals surface area contributed by atoms with E-state index in [-0.39, 0.29) is 25.2 Å². The van der Waals surface area contributed by atoms with Crippen LogP contribution in [0.3, 0.4) is 0 Å². The van der Waals surface area contributed by atoms with Crippen molar-refractivity contribution in [2.45, 2.75) is 180 Å². The van der Waals surface area contributed by atoms with Crippen molar-refractivity contribution in [1.82, 2.24) is 0 Å². The molecule has 0 aliphatic heterocycles. The van der Waals surface area contributed by atoms with Crippen LogP contribution in [0.15, 0.2) is 36.5 Å². The average Bonchev–Trinajstić information content (AvgIpc) is 3.02. The molecule has 0 saturated heterocycles. The summed E-state index contributed by atoms with van der Waals surface area (Å²) < 4.78 is 10.3. The number of unbranched alkanes of at least 4 members (excludes halogenated alkanes) is 17. The molecule has 44 heavy (non-hydrogen) atoms. The highest BCUT2D eigenvalue weighted by Gasteiger charge is 2.12. The Morgan fingerprint density at radius 2 is 1.02 bits per heavy atom. The smallest absolute Gasteiger partial charge is 0.305 e. The number of rotatable bonds is 32. The normalized spacial score (nSPS) is 13.3. The second kappa shape index (κ2) is 34.0. The molecular weight excluding hydrogens is 552 g/mol. The molecule has 0 aromatic carbocycles. The van der Waals surface area contributed by atoms with Gasteiger partial charge in [-0.25, -0.2) is 0 Å². The highest BCUT2D eigenvalue weighted by atomic mass is 16.6. The Morgan fingerprint density at radius 1 is 0.568 bits per heavy atom. The third-order valence-electron chi connectivity index (χ3n) is 7.74. The van der Waals surface area contributed by atoms with E-state index >= 15 is 0 Å². The van der Waals surface area contributed by atoms with Crippen LogP contribution < -0.4 is 0 Å². The van der Waals surface area contributed by atoms with E-state index in [1.165, 1.54) is 70.6 Å². The van der Waals surface area contributed by atoms with Gasteiger partial charge in [0, 0.05) is 12.8 Å². The Labute approximate surface area is 270 Å². The molecule has 0 aliphatic rings. The zero-order valence-corrected chi connectivity index (χ0v) is 28.5.